The van der Waals surface area contributed by atoms with Gasteiger partial charge in [0.25, 0.3) is 0 Å². The van der Waals surface area contributed by atoms with E-state index in [0.29, 0.717) is 0 Å². The van der Waals surface area contributed by atoms with Crippen molar-refractivity contribution in [2.24, 2.45) is 0 Å². The standard InChI is InChI=1S/C22H24N4O/c1-17(25-13-15-26(16-14-25)21-11-4-5-12-23-21)22(27)24-20-10-6-8-18-7-2-3-9-19(18)20/h2-12,17H,13-16H2,1H3,(H,24,27)/t17-/m0/s1. The molecule has 0 saturated carbocycles. The molecule has 3 aromatic rings. The van der Waals surface area contributed by atoms with Crippen molar-refractivity contribution in [1.29, 1.82) is 0 Å². The van der Waals surface area contributed by atoms with Gasteiger partial charge in [-0.05, 0) is 30.5 Å². The first-order valence-electron chi connectivity index (χ1n) is 9.41. The summed E-state index contributed by atoms with van der Waals surface area (Å²) in [5, 5.41) is 5.32. The molecule has 2 heterocycles. The zero-order chi connectivity index (χ0) is 18.6. The Labute approximate surface area is 159 Å². The van der Waals surface area contributed by atoms with Crippen LogP contribution in [0.3, 0.4) is 0 Å². The average Bonchev–Trinajstić information content (AvgIpc) is 2.74. The number of pyridine rings is 1. The number of piperazine rings is 1. The van der Waals surface area contributed by atoms with E-state index in [2.05, 4.69) is 32.2 Å². The molecular weight excluding hydrogens is 336 g/mol. The maximum atomic E-state index is 12.8. The van der Waals surface area contributed by atoms with Crippen molar-refractivity contribution in [2.75, 3.05) is 36.4 Å². The largest absolute Gasteiger partial charge is 0.354 e. The van der Waals surface area contributed by atoms with E-state index < -0.39 is 0 Å². The maximum Gasteiger partial charge on any atom is 0.241 e. The molecule has 5 nitrogen and oxygen atoms in total. The van der Waals surface area contributed by atoms with E-state index in [1.165, 1.54) is 0 Å². The molecule has 0 bridgehead atoms. The van der Waals surface area contributed by atoms with Gasteiger partial charge >= 0.3 is 0 Å². The monoisotopic (exact) mass is 360 g/mol. The van der Waals surface area contributed by atoms with E-state index in [0.717, 1.165) is 48.5 Å². The van der Waals surface area contributed by atoms with Crippen LogP contribution < -0.4 is 10.2 Å². The zero-order valence-corrected chi connectivity index (χ0v) is 15.5. The molecule has 1 atom stereocenters. The van der Waals surface area contributed by atoms with E-state index in [1.807, 2.05) is 61.7 Å². The van der Waals surface area contributed by atoms with Crippen molar-refractivity contribution in [3.05, 3.63) is 66.9 Å². The molecule has 1 aliphatic rings. The fourth-order valence-corrected chi connectivity index (χ4v) is 3.62. The van der Waals surface area contributed by atoms with Gasteiger partial charge < -0.3 is 10.2 Å². The molecular formula is C22H24N4O. The summed E-state index contributed by atoms with van der Waals surface area (Å²) in [6, 6.07) is 19.9. The van der Waals surface area contributed by atoms with Crippen LogP contribution in [0.15, 0.2) is 66.9 Å². The van der Waals surface area contributed by atoms with Gasteiger partial charge in [0, 0.05) is 43.4 Å². The van der Waals surface area contributed by atoms with Crippen molar-refractivity contribution >= 4 is 28.2 Å². The lowest BCUT2D eigenvalue weighted by atomic mass is 10.1. The Morgan fingerprint density at radius 3 is 2.48 bits per heavy atom. The van der Waals surface area contributed by atoms with Crippen molar-refractivity contribution < 1.29 is 4.79 Å². The highest BCUT2D eigenvalue weighted by Gasteiger charge is 2.26. The first-order valence-corrected chi connectivity index (χ1v) is 9.41. The molecule has 1 N–H and O–H groups in total. The second kappa shape index (κ2) is 7.76. The van der Waals surface area contributed by atoms with E-state index in [-0.39, 0.29) is 11.9 Å². The summed E-state index contributed by atoms with van der Waals surface area (Å²) < 4.78 is 0. The van der Waals surface area contributed by atoms with Crippen LogP contribution in [0.1, 0.15) is 6.92 Å². The summed E-state index contributed by atoms with van der Waals surface area (Å²) >= 11 is 0. The Hall–Kier alpha value is -2.92. The summed E-state index contributed by atoms with van der Waals surface area (Å²) in [6.45, 7) is 5.43. The van der Waals surface area contributed by atoms with Gasteiger partial charge in [-0.2, -0.15) is 0 Å². The fraction of sp³-hybridized carbons (Fsp3) is 0.273. The number of amides is 1. The first-order chi connectivity index (χ1) is 13.2. The number of fused-ring (bicyclic) bond motifs is 1. The Balaban J connectivity index is 1.40. The van der Waals surface area contributed by atoms with Gasteiger partial charge in [0.1, 0.15) is 5.82 Å². The molecule has 0 unspecified atom stereocenters. The van der Waals surface area contributed by atoms with Crippen LogP contribution in [-0.4, -0.2) is 48.0 Å². The number of aromatic nitrogens is 1. The summed E-state index contributed by atoms with van der Waals surface area (Å²) in [4.78, 5) is 21.8. The third kappa shape index (κ3) is 3.78. The quantitative estimate of drug-likeness (QED) is 0.775. The number of nitrogens with one attached hydrogen (secondary N) is 1. The molecule has 2 aromatic carbocycles. The third-order valence-corrected chi connectivity index (χ3v) is 5.26. The number of nitrogens with zero attached hydrogens (tertiary/aromatic N) is 3. The van der Waals surface area contributed by atoms with E-state index >= 15 is 0 Å². The number of rotatable bonds is 4. The number of benzene rings is 2. The summed E-state index contributed by atoms with van der Waals surface area (Å²) in [6.07, 6.45) is 1.82. The van der Waals surface area contributed by atoms with Crippen molar-refractivity contribution in [3.8, 4) is 0 Å². The third-order valence-electron chi connectivity index (χ3n) is 5.26. The Morgan fingerprint density at radius 2 is 1.70 bits per heavy atom. The molecule has 1 fully saturated rings. The van der Waals surface area contributed by atoms with Gasteiger partial charge in [0.2, 0.25) is 5.91 Å². The predicted molar refractivity (Wildman–Crippen MR) is 110 cm³/mol. The molecule has 1 amide bonds. The van der Waals surface area contributed by atoms with Crippen molar-refractivity contribution in [1.82, 2.24) is 9.88 Å². The fourth-order valence-electron chi connectivity index (χ4n) is 3.62. The molecule has 1 saturated heterocycles. The second-order valence-electron chi connectivity index (χ2n) is 6.90. The van der Waals surface area contributed by atoms with Crippen LogP contribution in [0.5, 0.6) is 0 Å². The summed E-state index contributed by atoms with van der Waals surface area (Å²) in [5.41, 5.74) is 0.872. The minimum Gasteiger partial charge on any atom is -0.354 e. The van der Waals surface area contributed by atoms with Crippen molar-refractivity contribution in [3.63, 3.8) is 0 Å². The number of carbonyl (C=O) groups excluding carboxylic acids is 1. The lowest BCUT2D eigenvalue weighted by Crippen LogP contribution is -2.53. The number of hydrogen-bond donors (Lipinski definition) is 1. The molecule has 138 valence electrons. The highest BCUT2D eigenvalue weighted by Crippen LogP contribution is 2.23. The molecule has 0 spiro atoms. The molecule has 1 aromatic heterocycles. The van der Waals surface area contributed by atoms with Crippen molar-refractivity contribution in [2.45, 2.75) is 13.0 Å². The average molecular weight is 360 g/mol. The van der Waals surface area contributed by atoms with Crippen LogP contribution in [0.2, 0.25) is 0 Å². The number of anilines is 2. The van der Waals surface area contributed by atoms with Gasteiger partial charge in [-0.3, -0.25) is 9.69 Å². The SMILES string of the molecule is C[C@@H](C(=O)Nc1cccc2ccccc12)N1CCN(c2ccccn2)CC1. The minimum atomic E-state index is -0.171. The molecule has 27 heavy (non-hydrogen) atoms. The predicted octanol–water partition coefficient (Wildman–Crippen LogP) is 3.38. The Kier molecular flexibility index (Phi) is 5.03. The molecule has 5 heteroatoms. The van der Waals surface area contributed by atoms with Gasteiger partial charge in [-0.1, -0.05) is 42.5 Å². The van der Waals surface area contributed by atoms with Crippen LogP contribution in [0.4, 0.5) is 11.5 Å². The number of hydrogen-bond acceptors (Lipinski definition) is 4. The molecule has 4 rings (SSSR count). The van der Waals surface area contributed by atoms with Gasteiger partial charge in [-0.15, -0.1) is 0 Å². The first kappa shape index (κ1) is 17.5. The molecule has 0 aliphatic carbocycles. The molecule has 0 radical (unpaired) electrons. The summed E-state index contributed by atoms with van der Waals surface area (Å²) in [7, 11) is 0. The highest BCUT2D eigenvalue weighted by atomic mass is 16.2. The smallest absolute Gasteiger partial charge is 0.241 e. The van der Waals surface area contributed by atoms with E-state index in [1.54, 1.807) is 0 Å². The van der Waals surface area contributed by atoms with Crippen LogP contribution >= 0.6 is 0 Å². The Bertz CT molecular complexity index is 915. The number of carbonyl (C=O) groups is 1. The maximum absolute atomic E-state index is 12.8. The lowest BCUT2D eigenvalue weighted by molar-refractivity contribution is -0.120. The highest BCUT2D eigenvalue weighted by molar-refractivity contribution is 6.03. The van der Waals surface area contributed by atoms with E-state index in [4.69, 9.17) is 0 Å². The topological polar surface area (TPSA) is 48.5 Å². The molecule has 1 aliphatic heterocycles. The zero-order valence-electron chi connectivity index (χ0n) is 15.5. The van der Waals surface area contributed by atoms with Gasteiger partial charge in [-0.25, -0.2) is 4.98 Å². The summed E-state index contributed by atoms with van der Waals surface area (Å²) in [5.74, 6) is 1.04. The van der Waals surface area contributed by atoms with Gasteiger partial charge in [0.15, 0.2) is 0 Å². The minimum absolute atomic E-state index is 0.0395. The second-order valence-corrected chi connectivity index (χ2v) is 6.90. The van der Waals surface area contributed by atoms with Gasteiger partial charge in [0.05, 0.1) is 6.04 Å². The van der Waals surface area contributed by atoms with E-state index in [9.17, 15) is 4.79 Å². The Morgan fingerprint density at radius 1 is 0.963 bits per heavy atom. The van der Waals surface area contributed by atoms with Crippen LogP contribution in [0.25, 0.3) is 10.8 Å². The van der Waals surface area contributed by atoms with Crippen LogP contribution in [-0.2, 0) is 4.79 Å². The lowest BCUT2D eigenvalue weighted by Gasteiger charge is -2.38. The normalized spacial score (nSPS) is 16.3. The van der Waals surface area contributed by atoms with Crippen LogP contribution in [0, 0.1) is 0 Å².